The summed E-state index contributed by atoms with van der Waals surface area (Å²) in [5.74, 6) is -0.341. The highest BCUT2D eigenvalue weighted by Gasteiger charge is 2.30. The fraction of sp³-hybridized carbons (Fsp3) is 0.455. The van der Waals surface area contributed by atoms with Gasteiger partial charge in [0.1, 0.15) is 18.1 Å². The quantitative estimate of drug-likeness (QED) is 0.629. The number of piperidine rings is 1. The summed E-state index contributed by atoms with van der Waals surface area (Å²) in [5.41, 5.74) is 0.877. The second-order valence-corrected chi connectivity index (χ2v) is 7.79. The fourth-order valence-electron chi connectivity index (χ4n) is 3.99. The molecule has 0 spiro atoms. The van der Waals surface area contributed by atoms with Crippen molar-refractivity contribution in [1.29, 1.82) is 0 Å². The normalized spacial score (nSPS) is 17.6. The smallest absolute Gasteiger partial charge is 0.358 e. The van der Waals surface area contributed by atoms with Crippen LogP contribution in [-0.2, 0) is 14.3 Å². The van der Waals surface area contributed by atoms with Crippen LogP contribution in [0.1, 0.15) is 33.8 Å². The topological polar surface area (TPSA) is 115 Å². The van der Waals surface area contributed by atoms with E-state index in [4.69, 9.17) is 14.2 Å². The van der Waals surface area contributed by atoms with Gasteiger partial charge in [0.2, 0.25) is 0 Å². The second kappa shape index (κ2) is 10.0. The van der Waals surface area contributed by atoms with Gasteiger partial charge in [0.05, 0.1) is 33.1 Å². The van der Waals surface area contributed by atoms with Crippen LogP contribution in [0.5, 0.6) is 5.75 Å². The van der Waals surface area contributed by atoms with Crippen molar-refractivity contribution in [3.8, 4) is 11.4 Å². The summed E-state index contributed by atoms with van der Waals surface area (Å²) in [7, 11) is 2.83. The van der Waals surface area contributed by atoms with E-state index in [0.717, 1.165) is 0 Å². The minimum atomic E-state index is -0.625. The summed E-state index contributed by atoms with van der Waals surface area (Å²) >= 11 is 0. The van der Waals surface area contributed by atoms with Crippen molar-refractivity contribution in [2.75, 3.05) is 47.1 Å². The molecule has 11 heteroatoms. The molecule has 2 saturated heterocycles. The van der Waals surface area contributed by atoms with Crippen LogP contribution in [0.15, 0.2) is 30.3 Å². The number of amides is 2. The van der Waals surface area contributed by atoms with E-state index in [1.54, 1.807) is 36.4 Å². The van der Waals surface area contributed by atoms with Gasteiger partial charge in [-0.1, -0.05) is 0 Å². The first-order valence-electron chi connectivity index (χ1n) is 10.8. The Balaban J connectivity index is 1.46. The third-order valence-electron chi connectivity index (χ3n) is 5.76. The summed E-state index contributed by atoms with van der Waals surface area (Å²) in [5, 5.41) is 11.1. The Morgan fingerprint density at radius 2 is 1.85 bits per heavy atom. The van der Waals surface area contributed by atoms with Crippen molar-refractivity contribution in [2.24, 2.45) is 0 Å². The minimum Gasteiger partial charge on any atom is -0.497 e. The molecule has 2 fully saturated rings. The average molecular weight is 457 g/mol. The van der Waals surface area contributed by atoms with Crippen LogP contribution in [0.2, 0.25) is 0 Å². The molecule has 3 heterocycles. The Kier molecular flexibility index (Phi) is 6.90. The molecule has 0 radical (unpaired) electrons. The number of benzene rings is 1. The van der Waals surface area contributed by atoms with Gasteiger partial charge in [-0.05, 0) is 37.1 Å². The van der Waals surface area contributed by atoms with Crippen molar-refractivity contribution in [3.63, 3.8) is 0 Å². The SMILES string of the molecule is COC(=O)c1cc(C(=O)NC2CCN(N3CCOCC3=O)CC2)n(-c2ccc(OC)cc2)n1. The molecule has 0 aliphatic carbocycles. The molecule has 2 aromatic rings. The first-order valence-corrected chi connectivity index (χ1v) is 10.8. The minimum absolute atomic E-state index is 0.0394. The van der Waals surface area contributed by atoms with Crippen LogP contribution < -0.4 is 10.1 Å². The van der Waals surface area contributed by atoms with Gasteiger partial charge in [0.15, 0.2) is 5.69 Å². The predicted octanol–water partition coefficient (Wildman–Crippen LogP) is 0.636. The largest absolute Gasteiger partial charge is 0.497 e. The Hall–Kier alpha value is -3.44. The molecule has 176 valence electrons. The number of hydrogen-bond acceptors (Lipinski definition) is 8. The molecule has 4 rings (SSSR count). The fourth-order valence-corrected chi connectivity index (χ4v) is 3.99. The standard InChI is InChI=1S/C22H27N5O6/c1-31-17-5-3-16(4-6-17)27-19(13-18(24-27)22(30)32-2)21(29)23-15-7-9-25(10-8-15)26-11-12-33-14-20(26)28/h3-6,13,15H,7-12,14H2,1-2H3,(H,23,29). The van der Waals surface area contributed by atoms with Gasteiger partial charge in [-0.3, -0.25) is 14.6 Å². The van der Waals surface area contributed by atoms with E-state index in [0.29, 0.717) is 50.5 Å². The molecule has 33 heavy (non-hydrogen) atoms. The van der Waals surface area contributed by atoms with Gasteiger partial charge in [0.25, 0.3) is 11.8 Å². The van der Waals surface area contributed by atoms with E-state index in [1.807, 2.05) is 5.01 Å². The number of hydrazine groups is 1. The molecule has 2 aliphatic heterocycles. The number of rotatable bonds is 6. The number of aromatic nitrogens is 2. The lowest BCUT2D eigenvalue weighted by atomic mass is 10.1. The van der Waals surface area contributed by atoms with Gasteiger partial charge in [-0.15, -0.1) is 0 Å². The molecule has 0 atom stereocenters. The number of carbonyl (C=O) groups excluding carboxylic acids is 3. The first kappa shape index (κ1) is 22.7. The van der Waals surface area contributed by atoms with E-state index in [1.165, 1.54) is 17.9 Å². The summed E-state index contributed by atoms with van der Waals surface area (Å²) in [6.45, 7) is 2.49. The van der Waals surface area contributed by atoms with E-state index in [9.17, 15) is 14.4 Å². The third kappa shape index (κ3) is 4.99. The van der Waals surface area contributed by atoms with E-state index in [2.05, 4.69) is 10.4 Å². The summed E-state index contributed by atoms with van der Waals surface area (Å²) in [6, 6.07) is 8.36. The summed E-state index contributed by atoms with van der Waals surface area (Å²) in [6.07, 6.45) is 1.38. The van der Waals surface area contributed by atoms with Crippen molar-refractivity contribution in [1.82, 2.24) is 25.1 Å². The zero-order valence-electron chi connectivity index (χ0n) is 18.7. The zero-order valence-corrected chi connectivity index (χ0v) is 18.7. The lowest BCUT2D eigenvalue weighted by Crippen LogP contribution is -2.56. The van der Waals surface area contributed by atoms with Crippen molar-refractivity contribution in [3.05, 3.63) is 41.7 Å². The monoisotopic (exact) mass is 457 g/mol. The zero-order chi connectivity index (χ0) is 23.4. The maximum Gasteiger partial charge on any atom is 0.358 e. The molecular formula is C22H27N5O6. The average Bonchev–Trinajstić information content (AvgIpc) is 3.30. The molecule has 0 unspecified atom stereocenters. The third-order valence-corrected chi connectivity index (χ3v) is 5.76. The first-order chi connectivity index (χ1) is 16.0. The van der Waals surface area contributed by atoms with Gasteiger partial charge < -0.3 is 19.5 Å². The van der Waals surface area contributed by atoms with Crippen molar-refractivity contribution >= 4 is 17.8 Å². The molecule has 1 aromatic carbocycles. The molecule has 0 saturated carbocycles. The number of morpholine rings is 1. The van der Waals surface area contributed by atoms with Gasteiger partial charge in [0, 0.05) is 25.2 Å². The van der Waals surface area contributed by atoms with Crippen molar-refractivity contribution in [2.45, 2.75) is 18.9 Å². The van der Waals surface area contributed by atoms with Crippen LogP contribution in [0, 0.1) is 0 Å². The van der Waals surface area contributed by atoms with E-state index >= 15 is 0 Å². The highest BCUT2D eigenvalue weighted by molar-refractivity contribution is 5.96. The molecule has 2 aliphatic rings. The molecule has 11 nitrogen and oxygen atoms in total. The van der Waals surface area contributed by atoms with Gasteiger partial charge in [-0.25, -0.2) is 14.5 Å². The van der Waals surface area contributed by atoms with Crippen molar-refractivity contribution < 1.29 is 28.6 Å². The van der Waals surface area contributed by atoms with Gasteiger partial charge in [-0.2, -0.15) is 5.10 Å². The number of nitrogens with zero attached hydrogens (tertiary/aromatic N) is 4. The Bertz CT molecular complexity index is 1010. The number of nitrogens with one attached hydrogen (secondary N) is 1. The maximum absolute atomic E-state index is 13.1. The molecule has 1 aromatic heterocycles. The molecule has 1 N–H and O–H groups in total. The molecule has 2 amide bonds. The maximum atomic E-state index is 13.1. The van der Waals surface area contributed by atoms with Crippen LogP contribution >= 0.6 is 0 Å². The summed E-state index contributed by atoms with van der Waals surface area (Å²) in [4.78, 5) is 37.3. The van der Waals surface area contributed by atoms with Gasteiger partial charge >= 0.3 is 5.97 Å². The van der Waals surface area contributed by atoms with E-state index in [-0.39, 0.29) is 35.9 Å². The van der Waals surface area contributed by atoms with Crippen LogP contribution in [0.3, 0.4) is 0 Å². The number of hydrogen-bond donors (Lipinski definition) is 1. The lowest BCUT2D eigenvalue weighted by Gasteiger charge is -2.41. The van der Waals surface area contributed by atoms with Crippen LogP contribution in [0.25, 0.3) is 5.69 Å². The van der Waals surface area contributed by atoms with Crippen LogP contribution in [-0.4, -0.2) is 90.7 Å². The number of ether oxygens (including phenoxy) is 3. The van der Waals surface area contributed by atoms with Crippen LogP contribution in [0.4, 0.5) is 0 Å². The Morgan fingerprint density at radius 1 is 1.12 bits per heavy atom. The highest BCUT2D eigenvalue weighted by Crippen LogP contribution is 2.19. The molecular weight excluding hydrogens is 430 g/mol. The molecule has 0 bridgehead atoms. The highest BCUT2D eigenvalue weighted by atomic mass is 16.5. The predicted molar refractivity (Wildman–Crippen MR) is 116 cm³/mol. The summed E-state index contributed by atoms with van der Waals surface area (Å²) < 4.78 is 16.6. The number of esters is 1. The number of carbonyl (C=O) groups is 3. The van der Waals surface area contributed by atoms with E-state index < -0.39 is 5.97 Å². The Morgan fingerprint density at radius 3 is 2.48 bits per heavy atom. The Labute approximate surface area is 191 Å². The lowest BCUT2D eigenvalue weighted by molar-refractivity contribution is -0.167. The number of methoxy groups -OCH3 is 2. The second-order valence-electron chi connectivity index (χ2n) is 7.79.